The van der Waals surface area contributed by atoms with Gasteiger partial charge in [0.25, 0.3) is 11.7 Å². The highest BCUT2D eigenvalue weighted by atomic mass is 35.5. The molecular weight excluding hydrogens is 398 g/mol. The highest BCUT2D eigenvalue weighted by molar-refractivity contribution is 6.51. The second-order valence-corrected chi connectivity index (χ2v) is 7.82. The molecule has 1 aliphatic rings. The van der Waals surface area contributed by atoms with Gasteiger partial charge >= 0.3 is 0 Å². The zero-order valence-electron chi connectivity index (χ0n) is 16.6. The maximum Gasteiger partial charge on any atom is 0.300 e. The number of carbonyl (C=O) groups is 2. The number of amides is 1. The Kier molecular flexibility index (Phi) is 5.18. The monoisotopic (exact) mass is 417 g/mol. The number of carbonyl (C=O) groups excluding carboxylic acids is 2. The van der Waals surface area contributed by atoms with E-state index in [-0.39, 0.29) is 11.3 Å². The normalized spacial score (nSPS) is 18.1. The summed E-state index contributed by atoms with van der Waals surface area (Å²) in [6.45, 7) is 3.83. The van der Waals surface area contributed by atoms with Gasteiger partial charge in [-0.2, -0.15) is 0 Å². The molecule has 5 heteroatoms. The van der Waals surface area contributed by atoms with Crippen molar-refractivity contribution in [3.8, 4) is 0 Å². The first kappa shape index (κ1) is 19.9. The lowest BCUT2D eigenvalue weighted by molar-refractivity contribution is -0.132. The van der Waals surface area contributed by atoms with Crippen LogP contribution in [-0.2, 0) is 9.59 Å². The SMILES string of the molecule is Cc1ccc(C)c(N2C(=O)C(=O)/C(=C(/O)c3cccc(Cl)c3)C2c2ccccc2)c1. The zero-order chi connectivity index (χ0) is 21.4. The summed E-state index contributed by atoms with van der Waals surface area (Å²) in [7, 11) is 0. The topological polar surface area (TPSA) is 57.6 Å². The zero-order valence-corrected chi connectivity index (χ0v) is 17.4. The van der Waals surface area contributed by atoms with E-state index in [4.69, 9.17) is 11.6 Å². The van der Waals surface area contributed by atoms with Crippen molar-refractivity contribution in [2.24, 2.45) is 0 Å². The van der Waals surface area contributed by atoms with Crippen LogP contribution in [-0.4, -0.2) is 16.8 Å². The summed E-state index contributed by atoms with van der Waals surface area (Å²) in [6.07, 6.45) is 0. The largest absolute Gasteiger partial charge is 0.507 e. The number of ketones is 1. The first-order valence-corrected chi connectivity index (χ1v) is 9.95. The molecule has 4 nitrogen and oxygen atoms in total. The number of nitrogens with zero attached hydrogens (tertiary/aromatic N) is 1. The van der Waals surface area contributed by atoms with Crippen molar-refractivity contribution >= 4 is 34.7 Å². The third-order valence-corrected chi connectivity index (χ3v) is 5.52. The van der Waals surface area contributed by atoms with Crippen LogP contribution in [0.25, 0.3) is 5.76 Å². The molecule has 0 bridgehead atoms. The Balaban J connectivity index is 1.99. The lowest BCUT2D eigenvalue weighted by Crippen LogP contribution is -2.30. The molecule has 3 aromatic rings. The second kappa shape index (κ2) is 7.81. The number of Topliss-reactive ketones (excluding diaryl/α,β-unsaturated/α-hetero) is 1. The molecule has 30 heavy (non-hydrogen) atoms. The molecule has 1 saturated heterocycles. The van der Waals surface area contributed by atoms with Crippen LogP contribution in [0.3, 0.4) is 0 Å². The maximum absolute atomic E-state index is 13.2. The highest BCUT2D eigenvalue weighted by Crippen LogP contribution is 2.43. The van der Waals surface area contributed by atoms with E-state index in [1.54, 1.807) is 24.3 Å². The summed E-state index contributed by atoms with van der Waals surface area (Å²) in [5.74, 6) is -1.62. The van der Waals surface area contributed by atoms with E-state index in [9.17, 15) is 14.7 Å². The molecule has 1 fully saturated rings. The van der Waals surface area contributed by atoms with Gasteiger partial charge in [-0.15, -0.1) is 0 Å². The average molecular weight is 418 g/mol. The van der Waals surface area contributed by atoms with Crippen molar-refractivity contribution < 1.29 is 14.7 Å². The van der Waals surface area contributed by atoms with Gasteiger partial charge in [0.15, 0.2) is 0 Å². The minimum absolute atomic E-state index is 0.0503. The Morgan fingerprint density at radius 1 is 0.933 bits per heavy atom. The van der Waals surface area contributed by atoms with Crippen LogP contribution in [0.15, 0.2) is 78.4 Å². The first-order chi connectivity index (χ1) is 14.4. The number of halogens is 1. The first-order valence-electron chi connectivity index (χ1n) is 9.57. The lowest BCUT2D eigenvalue weighted by Gasteiger charge is -2.27. The van der Waals surface area contributed by atoms with E-state index in [0.29, 0.717) is 16.3 Å². The van der Waals surface area contributed by atoms with Crippen LogP contribution < -0.4 is 4.90 Å². The number of anilines is 1. The van der Waals surface area contributed by atoms with Crippen molar-refractivity contribution in [3.05, 3.63) is 106 Å². The Hall–Kier alpha value is -3.37. The van der Waals surface area contributed by atoms with E-state index in [1.807, 2.05) is 62.4 Å². The summed E-state index contributed by atoms with van der Waals surface area (Å²) in [6, 6.07) is 20.9. The lowest BCUT2D eigenvalue weighted by atomic mass is 9.95. The molecule has 1 unspecified atom stereocenters. The second-order valence-electron chi connectivity index (χ2n) is 7.38. The quantitative estimate of drug-likeness (QED) is 0.343. The smallest absolute Gasteiger partial charge is 0.300 e. The number of rotatable bonds is 3. The number of hydrogen-bond donors (Lipinski definition) is 1. The molecule has 150 valence electrons. The van der Waals surface area contributed by atoms with Crippen LogP contribution in [0.4, 0.5) is 5.69 Å². The summed E-state index contributed by atoms with van der Waals surface area (Å²) < 4.78 is 0. The van der Waals surface area contributed by atoms with Gasteiger partial charge in [-0.1, -0.05) is 66.2 Å². The molecule has 1 N–H and O–H groups in total. The molecule has 0 aliphatic carbocycles. The van der Waals surface area contributed by atoms with Crippen molar-refractivity contribution in [1.82, 2.24) is 0 Å². The predicted molar refractivity (Wildman–Crippen MR) is 119 cm³/mol. The van der Waals surface area contributed by atoms with Crippen molar-refractivity contribution in [3.63, 3.8) is 0 Å². The third kappa shape index (κ3) is 3.40. The molecule has 3 aromatic carbocycles. The van der Waals surface area contributed by atoms with Gasteiger partial charge in [0.1, 0.15) is 5.76 Å². The van der Waals surface area contributed by atoms with Gasteiger partial charge in [0.2, 0.25) is 0 Å². The van der Waals surface area contributed by atoms with Gasteiger partial charge in [0, 0.05) is 16.3 Å². The van der Waals surface area contributed by atoms with Crippen LogP contribution in [0.2, 0.25) is 5.02 Å². The van der Waals surface area contributed by atoms with E-state index in [2.05, 4.69) is 0 Å². The van der Waals surface area contributed by atoms with Crippen molar-refractivity contribution in [2.45, 2.75) is 19.9 Å². The van der Waals surface area contributed by atoms with Crippen LogP contribution in [0, 0.1) is 13.8 Å². The Bertz CT molecular complexity index is 1180. The molecule has 1 aliphatic heterocycles. The summed E-state index contributed by atoms with van der Waals surface area (Å²) in [4.78, 5) is 27.8. The average Bonchev–Trinajstić information content (AvgIpc) is 3.00. The van der Waals surface area contributed by atoms with Gasteiger partial charge in [-0.3, -0.25) is 14.5 Å². The van der Waals surface area contributed by atoms with Gasteiger partial charge in [-0.25, -0.2) is 0 Å². The molecule has 0 radical (unpaired) electrons. The van der Waals surface area contributed by atoms with E-state index >= 15 is 0 Å². The molecule has 0 spiro atoms. The Morgan fingerprint density at radius 3 is 2.37 bits per heavy atom. The molecule has 1 amide bonds. The number of hydrogen-bond acceptors (Lipinski definition) is 3. The fourth-order valence-electron chi connectivity index (χ4n) is 3.80. The molecule has 4 rings (SSSR count). The molecule has 1 atom stereocenters. The van der Waals surface area contributed by atoms with E-state index in [1.165, 1.54) is 4.90 Å². The number of aliphatic hydroxyl groups excluding tert-OH is 1. The fraction of sp³-hybridized carbons (Fsp3) is 0.120. The summed E-state index contributed by atoms with van der Waals surface area (Å²) >= 11 is 6.08. The summed E-state index contributed by atoms with van der Waals surface area (Å²) in [5, 5.41) is 11.5. The molecule has 0 saturated carbocycles. The van der Waals surface area contributed by atoms with Gasteiger partial charge in [0.05, 0.1) is 11.6 Å². The molecular formula is C25H20ClNO3. The van der Waals surface area contributed by atoms with Crippen LogP contribution in [0.1, 0.15) is 28.3 Å². The highest BCUT2D eigenvalue weighted by Gasteiger charge is 2.47. The summed E-state index contributed by atoms with van der Waals surface area (Å²) in [5.41, 5.74) is 3.67. The van der Waals surface area contributed by atoms with Crippen LogP contribution in [0.5, 0.6) is 0 Å². The fourth-order valence-corrected chi connectivity index (χ4v) is 3.99. The number of aryl methyl sites for hydroxylation is 2. The van der Waals surface area contributed by atoms with Gasteiger partial charge in [-0.05, 0) is 48.7 Å². The Labute approximate surface area is 180 Å². The standard InChI is InChI=1S/C25H20ClNO3/c1-15-11-12-16(2)20(13-15)27-22(17-7-4-3-5-8-17)21(24(29)25(27)30)23(28)18-9-6-10-19(26)14-18/h3-14,22,28H,1-2H3/b23-21+. The van der Waals surface area contributed by atoms with Crippen molar-refractivity contribution in [2.75, 3.05) is 4.90 Å². The minimum Gasteiger partial charge on any atom is -0.507 e. The number of aliphatic hydroxyl groups is 1. The molecule has 1 heterocycles. The Morgan fingerprint density at radius 2 is 1.67 bits per heavy atom. The minimum atomic E-state index is -0.745. The number of benzene rings is 3. The molecule has 0 aromatic heterocycles. The maximum atomic E-state index is 13.2. The third-order valence-electron chi connectivity index (χ3n) is 5.28. The van der Waals surface area contributed by atoms with E-state index < -0.39 is 17.7 Å². The predicted octanol–water partition coefficient (Wildman–Crippen LogP) is 5.58. The van der Waals surface area contributed by atoms with Crippen molar-refractivity contribution in [1.29, 1.82) is 0 Å². The van der Waals surface area contributed by atoms with Crippen LogP contribution >= 0.6 is 11.6 Å². The van der Waals surface area contributed by atoms with Gasteiger partial charge < -0.3 is 5.11 Å². The van der Waals surface area contributed by atoms with E-state index in [0.717, 1.165) is 16.7 Å².